The van der Waals surface area contributed by atoms with Crippen molar-refractivity contribution in [1.29, 1.82) is 0 Å². The Kier molecular flexibility index (Phi) is 2.31. The van der Waals surface area contributed by atoms with Gasteiger partial charge in [0.25, 0.3) is 0 Å². The summed E-state index contributed by atoms with van der Waals surface area (Å²) in [7, 11) is -2.94. The first kappa shape index (κ1) is 10.7. The van der Waals surface area contributed by atoms with Gasteiger partial charge in [0.15, 0.2) is 0 Å². The highest BCUT2D eigenvalue weighted by atomic mass is 32.2. The van der Waals surface area contributed by atoms with Crippen molar-refractivity contribution in [2.24, 2.45) is 10.8 Å². The van der Waals surface area contributed by atoms with Crippen molar-refractivity contribution in [1.82, 2.24) is 0 Å². The zero-order chi connectivity index (χ0) is 10.3. The van der Waals surface area contributed by atoms with Crippen LogP contribution in [0.1, 0.15) is 26.7 Å². The van der Waals surface area contributed by atoms with Crippen molar-refractivity contribution in [3.63, 3.8) is 0 Å². The molecule has 1 rings (SSSR count). The molecule has 0 saturated heterocycles. The Balaban J connectivity index is 2.60. The second kappa shape index (κ2) is 2.80. The number of hydrogen-bond acceptors (Lipinski definition) is 3. The number of carbonyl (C=O) groups is 1. The van der Waals surface area contributed by atoms with Gasteiger partial charge in [-0.15, -0.1) is 0 Å². The lowest BCUT2D eigenvalue weighted by Crippen LogP contribution is -2.16. The highest BCUT2D eigenvalue weighted by Gasteiger charge is 2.60. The molecule has 1 fully saturated rings. The monoisotopic (exact) mass is 204 g/mol. The lowest BCUT2D eigenvalue weighted by molar-refractivity contribution is -0.113. The van der Waals surface area contributed by atoms with E-state index in [0.29, 0.717) is 6.42 Å². The number of rotatable bonds is 4. The van der Waals surface area contributed by atoms with Gasteiger partial charge in [0.05, 0.1) is 5.75 Å². The Hall–Kier alpha value is -0.380. The highest BCUT2D eigenvalue weighted by molar-refractivity contribution is 7.90. The van der Waals surface area contributed by atoms with E-state index in [1.807, 2.05) is 13.8 Å². The maximum absolute atomic E-state index is 10.9. The summed E-state index contributed by atoms with van der Waals surface area (Å²) >= 11 is 0. The lowest BCUT2D eigenvalue weighted by atomic mass is 9.95. The Morgan fingerprint density at radius 3 is 2.08 bits per heavy atom. The largest absolute Gasteiger partial charge is 0.303 e. The van der Waals surface area contributed by atoms with Crippen LogP contribution < -0.4 is 0 Å². The van der Waals surface area contributed by atoms with Crippen LogP contribution in [0.3, 0.4) is 0 Å². The van der Waals surface area contributed by atoms with E-state index in [9.17, 15) is 13.2 Å². The smallest absolute Gasteiger partial charge is 0.147 e. The predicted molar refractivity (Wildman–Crippen MR) is 51.2 cm³/mol. The topological polar surface area (TPSA) is 51.2 Å². The Labute approximate surface area is 79.4 Å². The Morgan fingerprint density at radius 2 is 1.85 bits per heavy atom. The van der Waals surface area contributed by atoms with Crippen LogP contribution in [0, 0.1) is 10.8 Å². The number of sulfone groups is 1. The summed E-state index contributed by atoms with van der Waals surface area (Å²) in [6, 6.07) is 0. The van der Waals surface area contributed by atoms with Crippen LogP contribution in [-0.4, -0.2) is 26.7 Å². The molecule has 0 aromatic rings. The van der Waals surface area contributed by atoms with Gasteiger partial charge in [-0.05, 0) is 18.3 Å². The first-order valence-electron chi connectivity index (χ1n) is 4.37. The molecule has 1 aliphatic rings. The minimum atomic E-state index is -2.94. The van der Waals surface area contributed by atoms with Crippen molar-refractivity contribution in [3.8, 4) is 0 Å². The average molecular weight is 204 g/mol. The molecule has 4 heteroatoms. The van der Waals surface area contributed by atoms with Gasteiger partial charge in [0.2, 0.25) is 0 Å². The molecule has 0 heterocycles. The molecule has 0 N–H and O–H groups in total. The molecule has 3 nitrogen and oxygen atoms in total. The van der Waals surface area contributed by atoms with Crippen LogP contribution in [0.2, 0.25) is 0 Å². The van der Waals surface area contributed by atoms with Crippen LogP contribution in [0.25, 0.3) is 0 Å². The molecule has 0 spiro atoms. The summed E-state index contributed by atoms with van der Waals surface area (Å²) in [4.78, 5) is 10.8. The number of aldehydes is 1. The van der Waals surface area contributed by atoms with E-state index < -0.39 is 9.84 Å². The quantitative estimate of drug-likeness (QED) is 0.643. The van der Waals surface area contributed by atoms with E-state index >= 15 is 0 Å². The van der Waals surface area contributed by atoms with Gasteiger partial charge >= 0.3 is 0 Å². The third-order valence-electron chi connectivity index (χ3n) is 3.12. The average Bonchev–Trinajstić information content (AvgIpc) is 2.49. The van der Waals surface area contributed by atoms with Gasteiger partial charge in [0, 0.05) is 11.7 Å². The molecule has 0 amide bonds. The fourth-order valence-corrected chi connectivity index (χ4v) is 2.53. The van der Waals surface area contributed by atoms with Crippen molar-refractivity contribution in [2.45, 2.75) is 26.7 Å². The molecule has 1 atom stereocenters. The molecule has 76 valence electrons. The van der Waals surface area contributed by atoms with Crippen molar-refractivity contribution in [3.05, 3.63) is 0 Å². The lowest BCUT2D eigenvalue weighted by Gasteiger charge is -2.11. The van der Waals surface area contributed by atoms with Crippen molar-refractivity contribution >= 4 is 16.1 Å². The van der Waals surface area contributed by atoms with Gasteiger partial charge in [0.1, 0.15) is 16.1 Å². The third kappa shape index (κ3) is 2.10. The normalized spacial score (nSPS) is 31.3. The number of hydrogen-bond donors (Lipinski definition) is 0. The predicted octanol–water partition coefficient (Wildman–Crippen LogP) is 1.04. The summed E-state index contributed by atoms with van der Waals surface area (Å²) in [5, 5.41) is 0. The zero-order valence-corrected chi connectivity index (χ0v) is 9.15. The van der Waals surface area contributed by atoms with Gasteiger partial charge < -0.3 is 4.79 Å². The molecule has 0 radical (unpaired) electrons. The second-order valence-corrected chi connectivity index (χ2v) is 6.97. The van der Waals surface area contributed by atoms with Crippen LogP contribution in [0.4, 0.5) is 0 Å². The van der Waals surface area contributed by atoms with E-state index in [1.165, 1.54) is 6.26 Å². The number of carbonyl (C=O) groups excluding carboxylic acids is 1. The Morgan fingerprint density at radius 1 is 1.38 bits per heavy atom. The maximum atomic E-state index is 10.9. The minimum Gasteiger partial charge on any atom is -0.303 e. The molecule has 0 aliphatic heterocycles. The summed E-state index contributed by atoms with van der Waals surface area (Å²) in [6.45, 7) is 4.01. The van der Waals surface area contributed by atoms with E-state index in [0.717, 1.165) is 12.7 Å². The first-order chi connectivity index (χ1) is 5.72. The van der Waals surface area contributed by atoms with Gasteiger partial charge in [-0.25, -0.2) is 8.42 Å². The van der Waals surface area contributed by atoms with E-state index in [1.54, 1.807) is 0 Å². The molecular formula is C9H16O3S. The van der Waals surface area contributed by atoms with E-state index in [-0.39, 0.29) is 16.6 Å². The van der Waals surface area contributed by atoms with Crippen LogP contribution in [0.5, 0.6) is 0 Å². The molecular weight excluding hydrogens is 188 g/mol. The molecule has 1 unspecified atom stereocenters. The molecule has 1 aliphatic carbocycles. The third-order valence-corrected chi connectivity index (χ3v) is 4.07. The summed E-state index contributed by atoms with van der Waals surface area (Å²) in [6.07, 6.45) is 3.43. The summed E-state index contributed by atoms with van der Waals surface area (Å²) in [5.74, 6) is 0.120. The molecule has 13 heavy (non-hydrogen) atoms. The van der Waals surface area contributed by atoms with Gasteiger partial charge in [-0.1, -0.05) is 13.8 Å². The minimum absolute atomic E-state index is 0.000556. The van der Waals surface area contributed by atoms with Gasteiger partial charge in [-0.3, -0.25) is 0 Å². The molecule has 0 aromatic heterocycles. The summed E-state index contributed by atoms with van der Waals surface area (Å²) in [5.41, 5.74) is -0.366. The molecule has 0 aromatic carbocycles. The second-order valence-electron chi connectivity index (χ2n) is 4.71. The first-order valence-corrected chi connectivity index (χ1v) is 6.43. The van der Waals surface area contributed by atoms with Crippen molar-refractivity contribution < 1.29 is 13.2 Å². The maximum Gasteiger partial charge on any atom is 0.147 e. The van der Waals surface area contributed by atoms with Crippen LogP contribution in [0.15, 0.2) is 0 Å². The standard InChI is InChI=1S/C9H16O3S/c1-8(2)6-9(8,7-10)4-5-13(3,11)12/h7H,4-6H2,1-3H3. The van der Waals surface area contributed by atoms with E-state index in [4.69, 9.17) is 0 Å². The van der Waals surface area contributed by atoms with Crippen LogP contribution in [-0.2, 0) is 14.6 Å². The van der Waals surface area contributed by atoms with Crippen LogP contribution >= 0.6 is 0 Å². The fraction of sp³-hybridized carbons (Fsp3) is 0.889. The fourth-order valence-electron chi connectivity index (χ4n) is 1.80. The summed E-state index contributed by atoms with van der Waals surface area (Å²) < 4.78 is 21.8. The van der Waals surface area contributed by atoms with Gasteiger partial charge in [-0.2, -0.15) is 0 Å². The zero-order valence-electron chi connectivity index (χ0n) is 8.33. The van der Waals surface area contributed by atoms with Crippen molar-refractivity contribution in [2.75, 3.05) is 12.0 Å². The van der Waals surface area contributed by atoms with E-state index in [2.05, 4.69) is 0 Å². The highest BCUT2D eigenvalue weighted by Crippen LogP contribution is 2.64. The SMILES string of the molecule is CC1(C)CC1(C=O)CCS(C)(=O)=O. The molecule has 1 saturated carbocycles. The molecule has 0 bridgehead atoms. The Bertz CT molecular complexity index is 316.